The van der Waals surface area contributed by atoms with Gasteiger partial charge < -0.3 is 10.6 Å². The maximum atomic E-state index is 4.36. The van der Waals surface area contributed by atoms with Crippen molar-refractivity contribution < 1.29 is 0 Å². The maximum Gasteiger partial charge on any atom is 0.0342 e. The molecule has 2 aromatic carbocycles. The average molecular weight is 403 g/mol. The van der Waals surface area contributed by atoms with E-state index in [1.807, 2.05) is 0 Å². The van der Waals surface area contributed by atoms with Crippen molar-refractivity contribution >= 4 is 16.9 Å². The van der Waals surface area contributed by atoms with Crippen molar-refractivity contribution in [3.05, 3.63) is 66.2 Å². The monoisotopic (exact) mass is 402 g/mol. The molecule has 2 aliphatic rings. The Hall–Kier alpha value is -2.22. The van der Waals surface area contributed by atoms with E-state index >= 15 is 0 Å². The van der Waals surface area contributed by atoms with Crippen LogP contribution in [0.15, 0.2) is 55.1 Å². The third kappa shape index (κ3) is 5.47. The molecule has 160 valence electrons. The number of anilines is 2. The highest BCUT2D eigenvalue weighted by Gasteiger charge is 2.19. The zero-order valence-electron chi connectivity index (χ0n) is 18.8. The minimum Gasteiger partial charge on any atom is -0.382 e. The molecule has 0 heterocycles. The fraction of sp³-hybridized carbons (Fsp3) is 0.500. The van der Waals surface area contributed by atoms with Crippen LogP contribution in [0, 0.1) is 11.8 Å². The van der Waals surface area contributed by atoms with Crippen molar-refractivity contribution in [1.82, 2.24) is 0 Å². The first-order valence-electron chi connectivity index (χ1n) is 12.0. The van der Waals surface area contributed by atoms with Gasteiger partial charge >= 0.3 is 0 Å². The molecule has 30 heavy (non-hydrogen) atoms. The first-order chi connectivity index (χ1) is 14.6. The number of hydrogen-bond donors (Lipinski definition) is 2. The Morgan fingerprint density at radius 1 is 0.600 bits per heavy atom. The standard InChI is InChI=1S/C28H38N2/c1-20-4-12-25(13-5-20)29-27-16-8-23(9-17-27)22(3)24-10-18-28(19-11-24)30-26-14-6-21(2)7-15-26/h8-11,16-21,25-26,29-30H,3-7,12-15H2,1-2H3. The van der Waals surface area contributed by atoms with Gasteiger partial charge in [-0.1, -0.05) is 44.7 Å². The Morgan fingerprint density at radius 3 is 1.27 bits per heavy atom. The van der Waals surface area contributed by atoms with Crippen LogP contribution in [0.3, 0.4) is 0 Å². The molecule has 2 aliphatic carbocycles. The van der Waals surface area contributed by atoms with Gasteiger partial charge in [-0.2, -0.15) is 0 Å². The summed E-state index contributed by atoms with van der Waals surface area (Å²) in [5.74, 6) is 1.78. The zero-order valence-corrected chi connectivity index (χ0v) is 18.8. The smallest absolute Gasteiger partial charge is 0.0342 e. The Labute approximate surface area is 183 Å². The van der Waals surface area contributed by atoms with Crippen molar-refractivity contribution in [3.63, 3.8) is 0 Å². The van der Waals surface area contributed by atoms with Crippen LogP contribution in [0.25, 0.3) is 5.57 Å². The molecule has 2 aromatic rings. The van der Waals surface area contributed by atoms with Gasteiger partial charge in [0.05, 0.1) is 0 Å². The molecule has 0 saturated heterocycles. The van der Waals surface area contributed by atoms with Crippen LogP contribution in [0.2, 0.25) is 0 Å². The molecule has 0 aromatic heterocycles. The van der Waals surface area contributed by atoms with E-state index in [9.17, 15) is 0 Å². The topological polar surface area (TPSA) is 24.1 Å². The molecule has 0 unspecified atom stereocenters. The van der Waals surface area contributed by atoms with E-state index in [2.05, 4.69) is 79.6 Å². The fourth-order valence-corrected chi connectivity index (χ4v) is 4.98. The van der Waals surface area contributed by atoms with E-state index in [0.717, 1.165) is 17.4 Å². The molecule has 0 spiro atoms. The minimum absolute atomic E-state index is 0.627. The van der Waals surface area contributed by atoms with E-state index in [1.165, 1.54) is 73.9 Å². The zero-order chi connectivity index (χ0) is 20.9. The molecule has 4 rings (SSSR count). The molecule has 2 nitrogen and oxygen atoms in total. The van der Waals surface area contributed by atoms with Crippen LogP contribution in [0.5, 0.6) is 0 Å². The highest BCUT2D eigenvalue weighted by molar-refractivity contribution is 5.79. The molecule has 2 N–H and O–H groups in total. The lowest BCUT2D eigenvalue weighted by Crippen LogP contribution is -2.25. The van der Waals surface area contributed by atoms with E-state index in [-0.39, 0.29) is 0 Å². The molecule has 0 bridgehead atoms. The first-order valence-corrected chi connectivity index (χ1v) is 12.0. The highest BCUT2D eigenvalue weighted by atomic mass is 14.9. The van der Waals surface area contributed by atoms with E-state index in [0.29, 0.717) is 12.1 Å². The Kier molecular flexibility index (Phi) is 6.82. The van der Waals surface area contributed by atoms with Gasteiger partial charge in [-0.25, -0.2) is 0 Å². The summed E-state index contributed by atoms with van der Waals surface area (Å²) in [4.78, 5) is 0. The van der Waals surface area contributed by atoms with Gasteiger partial charge in [0.1, 0.15) is 0 Å². The second-order valence-electron chi connectivity index (χ2n) is 9.84. The highest BCUT2D eigenvalue weighted by Crippen LogP contribution is 2.29. The Bertz CT molecular complexity index is 735. The Morgan fingerprint density at radius 2 is 0.933 bits per heavy atom. The quantitative estimate of drug-likeness (QED) is 0.516. The van der Waals surface area contributed by atoms with Crippen molar-refractivity contribution in [2.24, 2.45) is 11.8 Å². The van der Waals surface area contributed by atoms with Gasteiger partial charge in [0.2, 0.25) is 0 Å². The lowest BCUT2D eigenvalue weighted by molar-refractivity contribution is 0.361. The van der Waals surface area contributed by atoms with Gasteiger partial charge in [0.25, 0.3) is 0 Å². The lowest BCUT2D eigenvalue weighted by Gasteiger charge is -2.28. The molecule has 0 atom stereocenters. The SMILES string of the molecule is C=C(c1ccc(NC2CCC(C)CC2)cc1)c1ccc(NC2CCC(C)CC2)cc1. The predicted octanol–water partition coefficient (Wildman–Crippen LogP) is 7.73. The maximum absolute atomic E-state index is 4.36. The molecule has 0 radical (unpaired) electrons. The first kappa shape index (κ1) is 21.0. The molecular weight excluding hydrogens is 364 g/mol. The van der Waals surface area contributed by atoms with Crippen LogP contribution in [-0.2, 0) is 0 Å². The van der Waals surface area contributed by atoms with Gasteiger partial charge in [0.15, 0.2) is 0 Å². The fourth-order valence-electron chi connectivity index (χ4n) is 4.98. The summed E-state index contributed by atoms with van der Waals surface area (Å²) in [7, 11) is 0. The van der Waals surface area contributed by atoms with Crippen molar-refractivity contribution in [2.75, 3.05) is 10.6 Å². The summed E-state index contributed by atoms with van der Waals surface area (Å²) in [5, 5.41) is 7.44. The summed E-state index contributed by atoms with van der Waals surface area (Å²) in [6.45, 7) is 9.10. The number of rotatable bonds is 6. The molecule has 2 saturated carbocycles. The molecule has 2 fully saturated rings. The van der Waals surface area contributed by atoms with Crippen LogP contribution < -0.4 is 10.6 Å². The summed E-state index contributed by atoms with van der Waals surface area (Å²) in [6.07, 6.45) is 10.5. The van der Waals surface area contributed by atoms with E-state index < -0.39 is 0 Å². The number of hydrogen-bond acceptors (Lipinski definition) is 2. The third-order valence-corrected chi connectivity index (χ3v) is 7.24. The van der Waals surface area contributed by atoms with Crippen molar-refractivity contribution in [3.8, 4) is 0 Å². The second-order valence-corrected chi connectivity index (χ2v) is 9.84. The van der Waals surface area contributed by atoms with Crippen molar-refractivity contribution in [2.45, 2.75) is 77.3 Å². The van der Waals surface area contributed by atoms with Crippen LogP contribution in [0.1, 0.15) is 76.3 Å². The van der Waals surface area contributed by atoms with E-state index in [1.54, 1.807) is 0 Å². The molecule has 2 heteroatoms. The van der Waals surface area contributed by atoms with Crippen LogP contribution >= 0.6 is 0 Å². The second kappa shape index (κ2) is 9.73. The normalized spacial score (nSPS) is 26.7. The summed E-state index contributed by atoms with van der Waals surface area (Å²) in [6, 6.07) is 18.9. The molecular formula is C28H38N2. The summed E-state index contributed by atoms with van der Waals surface area (Å²) in [5.41, 5.74) is 5.94. The minimum atomic E-state index is 0.627. The third-order valence-electron chi connectivity index (χ3n) is 7.24. The number of nitrogens with one attached hydrogen (secondary N) is 2. The van der Waals surface area contributed by atoms with Gasteiger partial charge in [-0.3, -0.25) is 0 Å². The Balaban J connectivity index is 1.32. The molecule has 0 amide bonds. The lowest BCUT2D eigenvalue weighted by atomic mass is 9.87. The van der Waals surface area contributed by atoms with Crippen molar-refractivity contribution in [1.29, 1.82) is 0 Å². The summed E-state index contributed by atoms with van der Waals surface area (Å²) < 4.78 is 0. The van der Waals surface area contributed by atoms with Gasteiger partial charge in [-0.05, 0) is 104 Å². The number of benzene rings is 2. The molecule has 0 aliphatic heterocycles. The van der Waals surface area contributed by atoms with Gasteiger partial charge in [-0.15, -0.1) is 0 Å². The summed E-state index contributed by atoms with van der Waals surface area (Å²) >= 11 is 0. The van der Waals surface area contributed by atoms with Crippen LogP contribution in [-0.4, -0.2) is 12.1 Å². The largest absolute Gasteiger partial charge is 0.382 e. The van der Waals surface area contributed by atoms with Crippen LogP contribution in [0.4, 0.5) is 11.4 Å². The average Bonchev–Trinajstić information content (AvgIpc) is 2.77. The predicted molar refractivity (Wildman–Crippen MR) is 131 cm³/mol. The van der Waals surface area contributed by atoms with Gasteiger partial charge in [0, 0.05) is 23.5 Å². The van der Waals surface area contributed by atoms with E-state index in [4.69, 9.17) is 0 Å².